The third kappa shape index (κ3) is 3.41. The van der Waals surface area contributed by atoms with Gasteiger partial charge in [0.25, 0.3) is 5.91 Å². The number of nitrogens with zero attached hydrogens (tertiary/aromatic N) is 2. The maximum absolute atomic E-state index is 12.1. The summed E-state index contributed by atoms with van der Waals surface area (Å²) in [7, 11) is 1.60. The van der Waals surface area contributed by atoms with Crippen LogP contribution in [0.25, 0.3) is 0 Å². The molecule has 22 heavy (non-hydrogen) atoms. The summed E-state index contributed by atoms with van der Waals surface area (Å²) in [5.41, 5.74) is 1.08. The number of hydrogen-bond donors (Lipinski definition) is 1. The molecular weight excluding hydrogens is 278 g/mol. The van der Waals surface area contributed by atoms with Gasteiger partial charge in [-0.05, 0) is 31.0 Å². The van der Waals surface area contributed by atoms with Gasteiger partial charge >= 0.3 is 0 Å². The van der Waals surface area contributed by atoms with Crippen molar-refractivity contribution < 1.29 is 4.79 Å². The predicted octanol–water partition coefficient (Wildman–Crippen LogP) is 1.79. The lowest BCUT2D eigenvalue weighted by atomic mass is 10.2. The van der Waals surface area contributed by atoms with Crippen molar-refractivity contribution in [2.75, 3.05) is 5.32 Å². The van der Waals surface area contributed by atoms with Gasteiger partial charge in [-0.3, -0.25) is 9.59 Å². The second-order valence-corrected chi connectivity index (χ2v) is 5.30. The minimum Gasteiger partial charge on any atom is -0.318 e. The largest absolute Gasteiger partial charge is 0.318 e. The molecule has 110 valence electrons. The zero-order chi connectivity index (χ0) is 15.5. The first-order valence-electron chi connectivity index (χ1n) is 7.07. The first-order chi connectivity index (χ1) is 10.6. The summed E-state index contributed by atoms with van der Waals surface area (Å²) >= 11 is 0. The van der Waals surface area contributed by atoms with E-state index in [0.29, 0.717) is 17.3 Å². The van der Waals surface area contributed by atoms with Crippen molar-refractivity contribution >= 4 is 11.7 Å². The third-order valence-corrected chi connectivity index (χ3v) is 3.35. The van der Waals surface area contributed by atoms with E-state index in [9.17, 15) is 9.59 Å². The highest BCUT2D eigenvalue weighted by Crippen LogP contribution is 2.27. The topological polar surface area (TPSA) is 64.0 Å². The highest BCUT2D eigenvalue weighted by molar-refractivity contribution is 6.03. The molecule has 0 aromatic carbocycles. The number of aromatic nitrogens is 2. The Hall–Kier alpha value is -2.87. The molecule has 1 saturated carbocycles. The minimum absolute atomic E-state index is 0.159. The Labute approximate surface area is 128 Å². The maximum atomic E-state index is 12.1. The van der Waals surface area contributed by atoms with Crippen molar-refractivity contribution in [3.05, 3.63) is 58.1 Å². The van der Waals surface area contributed by atoms with Crippen molar-refractivity contribution in [1.82, 2.24) is 9.55 Å². The lowest BCUT2D eigenvalue weighted by molar-refractivity contribution is 0.102. The highest BCUT2D eigenvalue weighted by Gasteiger charge is 2.17. The minimum atomic E-state index is -0.306. The molecule has 2 aromatic rings. The van der Waals surface area contributed by atoms with Gasteiger partial charge < -0.3 is 9.88 Å². The van der Waals surface area contributed by atoms with Crippen molar-refractivity contribution in [3.8, 4) is 11.8 Å². The van der Waals surface area contributed by atoms with Crippen LogP contribution in [0.1, 0.15) is 28.8 Å². The van der Waals surface area contributed by atoms with E-state index in [4.69, 9.17) is 0 Å². The molecule has 0 aliphatic heterocycles. The van der Waals surface area contributed by atoms with Crippen LogP contribution in [0.2, 0.25) is 0 Å². The van der Waals surface area contributed by atoms with Crippen LogP contribution >= 0.6 is 0 Å². The van der Waals surface area contributed by atoms with Gasteiger partial charge in [-0.2, -0.15) is 0 Å². The fourth-order valence-electron chi connectivity index (χ4n) is 1.87. The molecule has 3 rings (SSSR count). The molecule has 0 spiro atoms. The van der Waals surface area contributed by atoms with E-state index in [-0.39, 0.29) is 11.5 Å². The fraction of sp³-hybridized carbons (Fsp3) is 0.235. The summed E-state index contributed by atoms with van der Waals surface area (Å²) in [6.07, 6.45) is 5.52. The molecule has 0 atom stereocenters. The number of carbonyl (C=O) groups excluding carboxylic acids is 1. The smallest absolute Gasteiger partial charge is 0.258 e. The van der Waals surface area contributed by atoms with Crippen molar-refractivity contribution in [3.63, 3.8) is 0 Å². The monoisotopic (exact) mass is 293 g/mol. The number of pyridine rings is 2. The number of amides is 1. The zero-order valence-electron chi connectivity index (χ0n) is 12.2. The average Bonchev–Trinajstić information content (AvgIpc) is 3.33. The molecule has 2 aromatic heterocycles. The van der Waals surface area contributed by atoms with Gasteiger partial charge in [-0.15, -0.1) is 0 Å². The molecular formula is C17H15N3O2. The Balaban J connectivity index is 1.69. The molecule has 1 aliphatic rings. The number of carbonyl (C=O) groups is 1. The molecule has 0 radical (unpaired) electrons. The molecule has 0 saturated heterocycles. The standard InChI is InChI=1S/C17H15N3O2/c1-20-11-14(7-9-16(20)21)17(22)19-15-8-6-13(10-18-15)5-4-12-2-3-12/h6-12H,2-3H2,1H3,(H,18,19,22). The van der Waals surface area contributed by atoms with Crippen LogP contribution in [0.3, 0.4) is 0 Å². The molecule has 0 bridgehead atoms. The lowest BCUT2D eigenvalue weighted by Crippen LogP contribution is -2.19. The van der Waals surface area contributed by atoms with Crippen LogP contribution in [0.4, 0.5) is 5.82 Å². The van der Waals surface area contributed by atoms with E-state index >= 15 is 0 Å². The second-order valence-electron chi connectivity index (χ2n) is 5.30. The molecule has 1 N–H and O–H groups in total. The van der Waals surface area contributed by atoms with Gasteiger partial charge in [-0.1, -0.05) is 11.8 Å². The Morgan fingerprint density at radius 2 is 2.14 bits per heavy atom. The van der Waals surface area contributed by atoms with Gasteiger partial charge in [-0.25, -0.2) is 4.98 Å². The summed E-state index contributed by atoms with van der Waals surface area (Å²) in [6.45, 7) is 0. The van der Waals surface area contributed by atoms with E-state index in [1.54, 1.807) is 19.3 Å². The van der Waals surface area contributed by atoms with E-state index < -0.39 is 0 Å². The quantitative estimate of drug-likeness (QED) is 0.859. The van der Waals surface area contributed by atoms with Crippen LogP contribution in [0.5, 0.6) is 0 Å². The summed E-state index contributed by atoms with van der Waals surface area (Å²) < 4.78 is 1.36. The molecule has 5 heteroatoms. The highest BCUT2D eigenvalue weighted by atomic mass is 16.2. The Kier molecular flexibility index (Phi) is 3.75. The van der Waals surface area contributed by atoms with Gasteiger partial charge in [0.1, 0.15) is 5.82 Å². The molecule has 1 aliphatic carbocycles. The van der Waals surface area contributed by atoms with Crippen LogP contribution < -0.4 is 10.9 Å². The van der Waals surface area contributed by atoms with Crippen LogP contribution in [0.15, 0.2) is 41.5 Å². The Morgan fingerprint density at radius 3 is 2.77 bits per heavy atom. The third-order valence-electron chi connectivity index (χ3n) is 3.35. The normalized spacial score (nSPS) is 13.1. The zero-order valence-corrected chi connectivity index (χ0v) is 12.2. The van der Waals surface area contributed by atoms with Gasteiger partial charge in [0.15, 0.2) is 0 Å². The van der Waals surface area contributed by atoms with E-state index in [0.717, 1.165) is 5.56 Å². The number of hydrogen-bond acceptors (Lipinski definition) is 3. The van der Waals surface area contributed by atoms with Gasteiger partial charge in [0, 0.05) is 37.0 Å². The molecule has 1 fully saturated rings. The maximum Gasteiger partial charge on any atom is 0.258 e. The molecule has 1 amide bonds. The van der Waals surface area contributed by atoms with Crippen LogP contribution in [-0.2, 0) is 7.05 Å². The van der Waals surface area contributed by atoms with Crippen LogP contribution in [-0.4, -0.2) is 15.5 Å². The fourth-order valence-corrected chi connectivity index (χ4v) is 1.87. The summed E-state index contributed by atoms with van der Waals surface area (Å²) in [6, 6.07) is 6.40. The second kappa shape index (κ2) is 5.86. The molecule has 2 heterocycles. The average molecular weight is 293 g/mol. The number of nitrogens with one attached hydrogen (secondary N) is 1. The predicted molar refractivity (Wildman–Crippen MR) is 83.5 cm³/mol. The van der Waals surface area contributed by atoms with Crippen molar-refractivity contribution in [2.45, 2.75) is 12.8 Å². The Morgan fingerprint density at radius 1 is 1.32 bits per heavy atom. The summed E-state index contributed by atoms with van der Waals surface area (Å²) in [5, 5.41) is 2.70. The first kappa shape index (κ1) is 14.1. The van der Waals surface area contributed by atoms with Crippen molar-refractivity contribution in [2.24, 2.45) is 13.0 Å². The van der Waals surface area contributed by atoms with E-state index in [2.05, 4.69) is 22.1 Å². The lowest BCUT2D eigenvalue weighted by Gasteiger charge is -2.05. The summed E-state index contributed by atoms with van der Waals surface area (Å²) in [5.74, 6) is 6.92. The van der Waals surface area contributed by atoms with E-state index in [1.807, 2.05) is 6.07 Å². The summed E-state index contributed by atoms with van der Waals surface area (Å²) in [4.78, 5) is 27.6. The number of aryl methyl sites for hydroxylation is 1. The number of anilines is 1. The Bertz CT molecular complexity index is 821. The first-order valence-corrected chi connectivity index (χ1v) is 7.07. The molecule has 5 nitrogen and oxygen atoms in total. The van der Waals surface area contributed by atoms with E-state index in [1.165, 1.54) is 35.7 Å². The number of rotatable bonds is 2. The SMILES string of the molecule is Cn1cc(C(=O)Nc2ccc(C#CC3CC3)cn2)ccc1=O. The van der Waals surface area contributed by atoms with Crippen LogP contribution in [0, 0.1) is 17.8 Å². The van der Waals surface area contributed by atoms with Crippen molar-refractivity contribution in [1.29, 1.82) is 0 Å². The molecule has 0 unspecified atom stereocenters. The van der Waals surface area contributed by atoms with Gasteiger partial charge in [0.05, 0.1) is 5.56 Å². The van der Waals surface area contributed by atoms with Gasteiger partial charge in [0.2, 0.25) is 5.56 Å².